The van der Waals surface area contributed by atoms with E-state index in [-0.39, 0.29) is 0 Å². The molecule has 0 spiro atoms. The van der Waals surface area contributed by atoms with Gasteiger partial charge in [-0.15, -0.1) is 0 Å². The van der Waals surface area contributed by atoms with Gasteiger partial charge in [0, 0.05) is 54.5 Å². The minimum atomic E-state index is 0.796. The average Bonchev–Trinajstić information content (AvgIpc) is 3.95. The van der Waals surface area contributed by atoms with Crippen LogP contribution in [0.4, 0.5) is 0 Å². The molecule has 0 atom stereocenters. The molecule has 0 saturated carbocycles. The van der Waals surface area contributed by atoms with Crippen molar-refractivity contribution in [3.8, 4) is 11.4 Å². The molecule has 248 valence electrons. The number of benzene rings is 8. The highest BCUT2D eigenvalue weighted by Crippen LogP contribution is 2.38. The fraction of sp³-hybridized carbons (Fsp3) is 0.0204. The molecule has 0 radical (unpaired) electrons. The van der Waals surface area contributed by atoms with Gasteiger partial charge in [-0.2, -0.15) is 0 Å². The van der Waals surface area contributed by atoms with Crippen LogP contribution in [0.5, 0.6) is 0 Å². The number of rotatable bonds is 4. The van der Waals surface area contributed by atoms with Crippen molar-refractivity contribution in [1.29, 1.82) is 0 Å². The molecular weight excluding hydrogens is 649 g/mol. The highest BCUT2D eigenvalue weighted by molar-refractivity contribution is 6.12. The van der Waals surface area contributed by atoms with Crippen LogP contribution >= 0.6 is 0 Å². The number of furan rings is 2. The third-order valence-electron chi connectivity index (χ3n) is 11.1. The second-order valence-corrected chi connectivity index (χ2v) is 14.1. The summed E-state index contributed by atoms with van der Waals surface area (Å²) in [5.41, 5.74) is 13.1. The number of nitrogens with zero attached hydrogens (tertiary/aromatic N) is 2. The third kappa shape index (κ3) is 4.18. The molecule has 12 rings (SSSR count). The zero-order valence-electron chi connectivity index (χ0n) is 28.6. The second-order valence-electron chi connectivity index (χ2n) is 14.1. The van der Waals surface area contributed by atoms with Crippen LogP contribution in [-0.2, 0) is 6.42 Å². The molecule has 4 heterocycles. The molecule has 8 aromatic carbocycles. The second kappa shape index (κ2) is 10.7. The molecule has 4 nitrogen and oxygen atoms in total. The topological polar surface area (TPSA) is 36.1 Å². The Labute approximate surface area is 303 Å². The van der Waals surface area contributed by atoms with Crippen LogP contribution in [-0.4, -0.2) is 9.13 Å². The Morgan fingerprint density at radius 2 is 0.623 bits per heavy atom. The van der Waals surface area contributed by atoms with Crippen molar-refractivity contribution >= 4 is 87.5 Å². The van der Waals surface area contributed by atoms with Gasteiger partial charge < -0.3 is 18.0 Å². The first-order chi connectivity index (χ1) is 26.2. The maximum absolute atomic E-state index is 6.37. The summed E-state index contributed by atoms with van der Waals surface area (Å²) >= 11 is 0. The predicted molar refractivity (Wildman–Crippen MR) is 219 cm³/mol. The lowest BCUT2D eigenvalue weighted by atomic mass is 10.0. The van der Waals surface area contributed by atoms with Crippen molar-refractivity contribution in [2.75, 3.05) is 0 Å². The number of hydrogen-bond donors (Lipinski definition) is 0. The first kappa shape index (κ1) is 28.6. The lowest BCUT2D eigenvalue weighted by molar-refractivity contribution is 0.668. The lowest BCUT2D eigenvalue weighted by Gasteiger charge is -2.08. The van der Waals surface area contributed by atoms with Crippen molar-refractivity contribution < 1.29 is 8.83 Å². The summed E-state index contributed by atoms with van der Waals surface area (Å²) in [6.45, 7) is 0. The molecule has 0 saturated heterocycles. The van der Waals surface area contributed by atoms with Gasteiger partial charge in [-0.3, -0.25) is 0 Å². The van der Waals surface area contributed by atoms with E-state index < -0.39 is 0 Å². The van der Waals surface area contributed by atoms with Crippen LogP contribution < -0.4 is 0 Å². The molecule has 0 N–H and O–H groups in total. The Morgan fingerprint density at radius 3 is 1.00 bits per heavy atom. The van der Waals surface area contributed by atoms with E-state index in [9.17, 15) is 0 Å². The first-order valence-electron chi connectivity index (χ1n) is 18.1. The summed E-state index contributed by atoms with van der Waals surface area (Å²) in [6, 6.07) is 60.9. The number of aromatic nitrogens is 2. The van der Waals surface area contributed by atoms with Crippen LogP contribution in [0.1, 0.15) is 11.1 Å². The SMILES string of the molecule is c1ccc2c(c1)c1ccccc1n2-c1ccc2oc3ccc(Cc4ccc5oc6ccc(-n7c8ccccc8c8ccccc87)cc6c5c4)cc3c2c1. The van der Waals surface area contributed by atoms with Crippen LogP contribution in [0.3, 0.4) is 0 Å². The van der Waals surface area contributed by atoms with Gasteiger partial charge in [0.15, 0.2) is 0 Å². The summed E-state index contributed by atoms with van der Waals surface area (Å²) in [6.07, 6.45) is 0.796. The van der Waals surface area contributed by atoms with Crippen LogP contribution in [0.2, 0.25) is 0 Å². The smallest absolute Gasteiger partial charge is 0.135 e. The Hall–Kier alpha value is -7.04. The molecule has 0 bridgehead atoms. The van der Waals surface area contributed by atoms with Gasteiger partial charge in [-0.05, 0) is 102 Å². The zero-order chi connectivity index (χ0) is 34.6. The molecule has 0 amide bonds. The number of para-hydroxylation sites is 4. The summed E-state index contributed by atoms with van der Waals surface area (Å²) in [5, 5.41) is 9.53. The molecule has 53 heavy (non-hydrogen) atoms. The minimum absolute atomic E-state index is 0.796. The quantitative estimate of drug-likeness (QED) is 0.186. The predicted octanol–water partition coefficient (Wildman–Crippen LogP) is 13.3. The van der Waals surface area contributed by atoms with E-state index in [4.69, 9.17) is 8.83 Å². The van der Waals surface area contributed by atoms with Crippen molar-refractivity contribution in [2.24, 2.45) is 0 Å². The van der Waals surface area contributed by atoms with Gasteiger partial charge in [0.25, 0.3) is 0 Å². The number of fused-ring (bicyclic) bond motifs is 12. The molecule has 0 aliphatic carbocycles. The monoisotopic (exact) mass is 678 g/mol. The van der Waals surface area contributed by atoms with E-state index in [2.05, 4.69) is 179 Å². The first-order valence-corrected chi connectivity index (χ1v) is 18.1. The highest BCUT2D eigenvalue weighted by atomic mass is 16.3. The maximum atomic E-state index is 6.37. The largest absolute Gasteiger partial charge is 0.456 e. The van der Waals surface area contributed by atoms with Gasteiger partial charge in [-0.1, -0.05) is 84.9 Å². The Morgan fingerprint density at radius 1 is 0.302 bits per heavy atom. The zero-order valence-corrected chi connectivity index (χ0v) is 28.6. The van der Waals surface area contributed by atoms with Crippen LogP contribution in [0.25, 0.3) is 98.9 Å². The molecule has 4 aromatic heterocycles. The number of hydrogen-bond acceptors (Lipinski definition) is 2. The normalized spacial score (nSPS) is 12.2. The Kier molecular flexibility index (Phi) is 5.80. The van der Waals surface area contributed by atoms with Gasteiger partial charge in [0.2, 0.25) is 0 Å². The lowest BCUT2D eigenvalue weighted by Crippen LogP contribution is -1.93. The standard InChI is InChI=1S/C49H30N2O2/c1-5-13-42-34(9-1)35-10-2-6-14-43(35)50(42)32-19-23-48-40(28-32)38-26-30(17-21-46(38)52-48)25-31-18-22-47-39(27-31)41-29-33(20-24-49(41)53-47)51-44-15-7-3-11-36(44)37-12-4-8-16-45(37)51/h1-24,26-29H,25H2. The van der Waals surface area contributed by atoms with Crippen LogP contribution in [0.15, 0.2) is 179 Å². The summed E-state index contributed by atoms with van der Waals surface area (Å²) < 4.78 is 17.5. The van der Waals surface area contributed by atoms with Crippen molar-refractivity contribution in [1.82, 2.24) is 9.13 Å². The van der Waals surface area contributed by atoms with E-state index >= 15 is 0 Å². The van der Waals surface area contributed by atoms with Gasteiger partial charge >= 0.3 is 0 Å². The summed E-state index contributed by atoms with van der Waals surface area (Å²) in [5.74, 6) is 0. The van der Waals surface area contributed by atoms with E-state index in [0.29, 0.717) is 0 Å². The summed E-state index contributed by atoms with van der Waals surface area (Å²) in [4.78, 5) is 0. The molecule has 12 aromatic rings. The molecule has 4 heteroatoms. The fourth-order valence-corrected chi connectivity index (χ4v) is 8.76. The van der Waals surface area contributed by atoms with Crippen molar-refractivity contribution in [3.63, 3.8) is 0 Å². The molecule has 0 aliphatic heterocycles. The van der Waals surface area contributed by atoms with Crippen molar-refractivity contribution in [3.05, 3.63) is 181 Å². The van der Waals surface area contributed by atoms with E-state index in [0.717, 1.165) is 61.7 Å². The van der Waals surface area contributed by atoms with E-state index in [1.807, 2.05) is 0 Å². The average molecular weight is 679 g/mol. The Balaban J connectivity index is 0.954. The van der Waals surface area contributed by atoms with Gasteiger partial charge in [0.05, 0.1) is 22.1 Å². The third-order valence-corrected chi connectivity index (χ3v) is 11.1. The van der Waals surface area contributed by atoms with Gasteiger partial charge in [0.1, 0.15) is 22.3 Å². The summed E-state index contributed by atoms with van der Waals surface area (Å²) in [7, 11) is 0. The van der Waals surface area contributed by atoms with Gasteiger partial charge in [-0.25, -0.2) is 0 Å². The Bertz CT molecular complexity index is 3110. The molecule has 0 unspecified atom stereocenters. The minimum Gasteiger partial charge on any atom is -0.456 e. The highest BCUT2D eigenvalue weighted by Gasteiger charge is 2.17. The van der Waals surface area contributed by atoms with Crippen molar-refractivity contribution in [2.45, 2.75) is 6.42 Å². The molecule has 0 fully saturated rings. The van der Waals surface area contributed by atoms with E-state index in [1.165, 1.54) is 54.7 Å². The fourth-order valence-electron chi connectivity index (χ4n) is 8.76. The maximum Gasteiger partial charge on any atom is 0.135 e. The molecule has 0 aliphatic rings. The van der Waals surface area contributed by atoms with E-state index in [1.54, 1.807) is 0 Å². The molecular formula is C49H30N2O2. The van der Waals surface area contributed by atoms with Crippen LogP contribution in [0, 0.1) is 0 Å².